The molecule has 0 aromatic heterocycles. The Labute approximate surface area is 182 Å². The van der Waals surface area contributed by atoms with Crippen LogP contribution in [0.2, 0.25) is 5.02 Å². The van der Waals surface area contributed by atoms with Crippen molar-refractivity contribution in [3.8, 4) is 0 Å². The fourth-order valence-corrected chi connectivity index (χ4v) is 3.68. The van der Waals surface area contributed by atoms with Gasteiger partial charge in [-0.25, -0.2) is 8.42 Å². The second-order valence-electron chi connectivity index (χ2n) is 8.00. The summed E-state index contributed by atoms with van der Waals surface area (Å²) in [6, 6.07) is 11.3. The van der Waals surface area contributed by atoms with Crippen LogP contribution >= 0.6 is 11.6 Å². The van der Waals surface area contributed by atoms with Crippen LogP contribution in [0.25, 0.3) is 0 Å². The number of aryl methyl sites for hydroxylation is 1. The van der Waals surface area contributed by atoms with Gasteiger partial charge >= 0.3 is 0 Å². The molecule has 2 aromatic rings. The van der Waals surface area contributed by atoms with Crippen LogP contribution in [-0.4, -0.2) is 38.6 Å². The van der Waals surface area contributed by atoms with Gasteiger partial charge in [0.25, 0.3) is 5.91 Å². The van der Waals surface area contributed by atoms with Crippen molar-refractivity contribution in [2.75, 3.05) is 22.4 Å². The van der Waals surface area contributed by atoms with Crippen LogP contribution in [0.15, 0.2) is 42.5 Å². The van der Waals surface area contributed by atoms with E-state index in [1.165, 1.54) is 6.07 Å². The van der Waals surface area contributed by atoms with Gasteiger partial charge in [0.1, 0.15) is 6.54 Å². The molecule has 0 bridgehead atoms. The van der Waals surface area contributed by atoms with E-state index in [9.17, 15) is 18.0 Å². The number of hydrogen-bond acceptors (Lipinski definition) is 4. The number of rotatable bonds is 6. The second-order valence-corrected chi connectivity index (χ2v) is 10.3. The van der Waals surface area contributed by atoms with Crippen LogP contribution in [0.4, 0.5) is 11.4 Å². The van der Waals surface area contributed by atoms with Crippen molar-refractivity contribution in [1.29, 1.82) is 0 Å². The summed E-state index contributed by atoms with van der Waals surface area (Å²) in [5, 5.41) is 5.87. The van der Waals surface area contributed by atoms with Gasteiger partial charge in [0, 0.05) is 10.6 Å². The number of sulfonamides is 1. The number of hydrogen-bond donors (Lipinski definition) is 2. The predicted octanol–water partition coefficient (Wildman–Crippen LogP) is 3.58. The second kappa shape index (κ2) is 9.06. The highest BCUT2D eigenvalue weighted by molar-refractivity contribution is 7.92. The summed E-state index contributed by atoms with van der Waals surface area (Å²) in [6.45, 7) is 6.88. The molecular formula is C21H26ClN3O4S. The lowest BCUT2D eigenvalue weighted by atomic mass is 10.1. The molecule has 7 nitrogen and oxygen atoms in total. The lowest BCUT2D eigenvalue weighted by Gasteiger charge is -2.23. The minimum atomic E-state index is -3.75. The number of halogens is 1. The first-order valence-corrected chi connectivity index (χ1v) is 11.5. The molecule has 0 fully saturated rings. The van der Waals surface area contributed by atoms with Crippen molar-refractivity contribution in [2.24, 2.45) is 0 Å². The molecule has 0 aliphatic carbocycles. The monoisotopic (exact) mass is 451 g/mol. The van der Waals surface area contributed by atoms with Gasteiger partial charge < -0.3 is 10.6 Å². The third kappa shape index (κ3) is 6.47. The first kappa shape index (κ1) is 23.7. The third-order valence-electron chi connectivity index (χ3n) is 4.07. The average molecular weight is 452 g/mol. The summed E-state index contributed by atoms with van der Waals surface area (Å²) < 4.78 is 25.5. The molecule has 9 heteroatoms. The average Bonchev–Trinajstić information content (AvgIpc) is 2.60. The summed E-state index contributed by atoms with van der Waals surface area (Å²) in [5.41, 5.74) is 1.19. The molecule has 2 N–H and O–H groups in total. The fraction of sp³-hybridized carbons (Fsp3) is 0.333. The minimum absolute atomic E-state index is 0.280. The molecule has 30 heavy (non-hydrogen) atoms. The Kier molecular flexibility index (Phi) is 7.15. The van der Waals surface area contributed by atoms with Gasteiger partial charge in [-0.3, -0.25) is 13.9 Å². The van der Waals surface area contributed by atoms with Gasteiger partial charge in [-0.05, 0) is 57.5 Å². The number of para-hydroxylation sites is 1. The van der Waals surface area contributed by atoms with Crippen LogP contribution in [0.3, 0.4) is 0 Å². The van der Waals surface area contributed by atoms with Crippen LogP contribution in [0.5, 0.6) is 0 Å². The van der Waals surface area contributed by atoms with E-state index in [-0.39, 0.29) is 17.2 Å². The molecule has 0 atom stereocenters. The summed E-state index contributed by atoms with van der Waals surface area (Å²) in [7, 11) is -3.75. The normalized spacial score (nSPS) is 11.7. The fourth-order valence-electron chi connectivity index (χ4n) is 2.66. The van der Waals surface area contributed by atoms with Crippen molar-refractivity contribution in [3.05, 3.63) is 58.6 Å². The lowest BCUT2D eigenvalue weighted by Crippen LogP contribution is -2.41. The first-order valence-electron chi connectivity index (χ1n) is 9.23. The van der Waals surface area contributed by atoms with Gasteiger partial charge in [0.05, 0.1) is 23.2 Å². The van der Waals surface area contributed by atoms with E-state index in [1.54, 1.807) is 43.3 Å². The van der Waals surface area contributed by atoms with E-state index in [0.717, 1.165) is 16.1 Å². The van der Waals surface area contributed by atoms with Gasteiger partial charge in [-0.15, -0.1) is 0 Å². The SMILES string of the molecule is Cc1ccc(N(CC(=O)Nc2ccccc2C(=O)NC(C)(C)C)S(C)(=O)=O)cc1Cl. The molecule has 2 rings (SSSR count). The molecule has 0 radical (unpaired) electrons. The highest BCUT2D eigenvalue weighted by atomic mass is 35.5. The number of carbonyl (C=O) groups is 2. The lowest BCUT2D eigenvalue weighted by molar-refractivity contribution is -0.114. The van der Waals surface area contributed by atoms with Crippen molar-refractivity contribution < 1.29 is 18.0 Å². The van der Waals surface area contributed by atoms with Crippen LogP contribution < -0.4 is 14.9 Å². The molecule has 2 amide bonds. The van der Waals surface area contributed by atoms with Gasteiger partial charge in [-0.2, -0.15) is 0 Å². The van der Waals surface area contributed by atoms with Crippen LogP contribution in [0, 0.1) is 6.92 Å². The smallest absolute Gasteiger partial charge is 0.253 e. The number of benzene rings is 2. The first-order chi connectivity index (χ1) is 13.8. The highest BCUT2D eigenvalue weighted by Gasteiger charge is 2.23. The number of anilines is 2. The van der Waals surface area contributed by atoms with Crippen molar-refractivity contribution in [3.63, 3.8) is 0 Å². The molecule has 0 saturated carbocycles. The summed E-state index contributed by atoms with van der Waals surface area (Å²) in [6.07, 6.45) is 1.01. The highest BCUT2D eigenvalue weighted by Crippen LogP contribution is 2.25. The Bertz CT molecular complexity index is 1060. The molecule has 2 aromatic carbocycles. The Balaban J connectivity index is 2.27. The third-order valence-corrected chi connectivity index (χ3v) is 5.61. The maximum Gasteiger partial charge on any atom is 0.253 e. The molecular weight excluding hydrogens is 426 g/mol. The molecule has 0 aliphatic rings. The van der Waals surface area contributed by atoms with Crippen molar-refractivity contribution in [2.45, 2.75) is 33.2 Å². The van der Waals surface area contributed by atoms with E-state index in [4.69, 9.17) is 11.6 Å². The van der Waals surface area contributed by atoms with E-state index in [2.05, 4.69) is 10.6 Å². The quantitative estimate of drug-likeness (QED) is 0.701. The zero-order valence-corrected chi connectivity index (χ0v) is 19.2. The Morgan fingerprint density at radius 1 is 1.10 bits per heavy atom. The largest absolute Gasteiger partial charge is 0.347 e. The number of amides is 2. The Hall–Kier alpha value is -2.58. The molecule has 0 spiro atoms. The zero-order valence-electron chi connectivity index (χ0n) is 17.6. The number of carbonyl (C=O) groups excluding carboxylic acids is 2. The Morgan fingerprint density at radius 2 is 1.73 bits per heavy atom. The standard InChI is InChI=1S/C21H26ClN3O4S/c1-14-10-11-15(12-17(14)22)25(30(5,28)29)13-19(26)23-18-9-7-6-8-16(18)20(27)24-21(2,3)4/h6-12H,13H2,1-5H3,(H,23,26)(H,24,27). The molecule has 0 saturated heterocycles. The van der Waals surface area contributed by atoms with Crippen LogP contribution in [-0.2, 0) is 14.8 Å². The topological polar surface area (TPSA) is 95.6 Å². The summed E-state index contributed by atoms with van der Waals surface area (Å²) in [4.78, 5) is 25.2. The van der Waals surface area contributed by atoms with Crippen LogP contribution in [0.1, 0.15) is 36.7 Å². The summed E-state index contributed by atoms with van der Waals surface area (Å²) >= 11 is 6.12. The van der Waals surface area contributed by atoms with Crippen molar-refractivity contribution in [1.82, 2.24) is 5.32 Å². The number of nitrogens with zero attached hydrogens (tertiary/aromatic N) is 1. The molecule has 0 aliphatic heterocycles. The van der Waals surface area contributed by atoms with E-state index in [1.807, 2.05) is 20.8 Å². The number of nitrogens with one attached hydrogen (secondary N) is 2. The van der Waals surface area contributed by atoms with Crippen molar-refractivity contribution >= 4 is 44.8 Å². The summed E-state index contributed by atoms with van der Waals surface area (Å²) in [5.74, 6) is -0.934. The minimum Gasteiger partial charge on any atom is -0.347 e. The van der Waals surface area contributed by atoms with Gasteiger partial charge in [-0.1, -0.05) is 29.8 Å². The van der Waals surface area contributed by atoms with Gasteiger partial charge in [0.2, 0.25) is 15.9 Å². The molecule has 0 heterocycles. The molecule has 0 unspecified atom stereocenters. The van der Waals surface area contributed by atoms with E-state index >= 15 is 0 Å². The van der Waals surface area contributed by atoms with E-state index < -0.39 is 28.0 Å². The maximum absolute atomic E-state index is 12.7. The Morgan fingerprint density at radius 3 is 2.30 bits per heavy atom. The molecule has 162 valence electrons. The predicted molar refractivity (Wildman–Crippen MR) is 121 cm³/mol. The maximum atomic E-state index is 12.7. The van der Waals surface area contributed by atoms with Gasteiger partial charge in [0.15, 0.2) is 0 Å². The zero-order chi connectivity index (χ0) is 22.7. The van der Waals surface area contributed by atoms with E-state index in [0.29, 0.717) is 10.7 Å².